The van der Waals surface area contributed by atoms with Gasteiger partial charge in [-0.1, -0.05) is 11.6 Å². The molecule has 0 radical (unpaired) electrons. The van der Waals surface area contributed by atoms with Crippen LogP contribution in [0.5, 0.6) is 0 Å². The molecule has 0 unspecified atom stereocenters. The van der Waals surface area contributed by atoms with Crippen molar-refractivity contribution in [2.45, 2.75) is 31.8 Å². The number of hydrogen-bond donors (Lipinski definition) is 3. The van der Waals surface area contributed by atoms with Gasteiger partial charge in [-0.2, -0.15) is 4.98 Å². The smallest absolute Gasteiger partial charge is 0.253 e. The van der Waals surface area contributed by atoms with Crippen LogP contribution < -0.4 is 16.2 Å². The van der Waals surface area contributed by atoms with E-state index in [4.69, 9.17) is 11.6 Å². The van der Waals surface area contributed by atoms with Crippen LogP contribution >= 0.6 is 11.6 Å². The van der Waals surface area contributed by atoms with Crippen molar-refractivity contribution in [1.29, 1.82) is 0 Å². The first-order valence-corrected chi connectivity index (χ1v) is 8.65. The van der Waals surface area contributed by atoms with Crippen molar-refractivity contribution in [2.75, 3.05) is 10.6 Å². The lowest BCUT2D eigenvalue weighted by atomic mass is 10.1. The summed E-state index contributed by atoms with van der Waals surface area (Å²) in [6.07, 6.45) is 4.06. The van der Waals surface area contributed by atoms with Crippen molar-refractivity contribution < 1.29 is 0 Å². The number of H-pyrrole nitrogens is 1. The number of halogens is 1. The predicted octanol–water partition coefficient (Wildman–Crippen LogP) is 3.72. The van der Waals surface area contributed by atoms with Crippen LogP contribution in [0.2, 0.25) is 5.02 Å². The highest BCUT2D eigenvalue weighted by molar-refractivity contribution is 6.31. The third-order valence-electron chi connectivity index (χ3n) is 4.23. The molecule has 25 heavy (non-hydrogen) atoms. The second-order valence-electron chi connectivity index (χ2n) is 6.34. The number of benzene rings is 1. The first-order chi connectivity index (χ1) is 12.1. The van der Waals surface area contributed by atoms with Crippen molar-refractivity contribution in [3.05, 3.63) is 57.5 Å². The maximum absolute atomic E-state index is 12.4. The normalized spacial score (nSPS) is 15.1. The quantitative estimate of drug-likeness (QED) is 0.649. The maximum atomic E-state index is 12.4. The molecule has 0 spiro atoms. The standard InChI is InChI=1S/C18H18ClN5O/c1-10(21-18-20-7-6-16(24-18)22-13-3-4-13)14-9-11-8-12(19)2-5-15(11)23-17(14)25/h2,5-10,13H,3-4H2,1H3,(H,23,25)(H2,20,21,22,24)/t10-/m0/s1. The molecule has 7 heteroatoms. The van der Waals surface area contributed by atoms with Gasteiger partial charge in [0, 0.05) is 33.7 Å². The van der Waals surface area contributed by atoms with Gasteiger partial charge < -0.3 is 15.6 Å². The molecule has 0 bridgehead atoms. The summed E-state index contributed by atoms with van der Waals surface area (Å²) >= 11 is 6.05. The summed E-state index contributed by atoms with van der Waals surface area (Å²) in [7, 11) is 0. The Hall–Kier alpha value is -2.60. The topological polar surface area (TPSA) is 82.7 Å². The fourth-order valence-electron chi connectivity index (χ4n) is 2.73. The Morgan fingerprint density at radius 2 is 2.12 bits per heavy atom. The van der Waals surface area contributed by atoms with E-state index in [1.165, 1.54) is 12.8 Å². The molecule has 2 aromatic heterocycles. The Balaban J connectivity index is 1.60. The van der Waals surface area contributed by atoms with Crippen molar-refractivity contribution in [1.82, 2.24) is 15.0 Å². The van der Waals surface area contributed by atoms with Gasteiger partial charge in [0.15, 0.2) is 0 Å². The molecular formula is C18H18ClN5O. The fraction of sp³-hybridized carbons (Fsp3) is 0.278. The molecule has 1 fully saturated rings. The van der Waals surface area contributed by atoms with Crippen LogP contribution in [-0.4, -0.2) is 21.0 Å². The molecule has 3 N–H and O–H groups in total. The second kappa shape index (κ2) is 6.37. The summed E-state index contributed by atoms with van der Waals surface area (Å²) < 4.78 is 0. The summed E-state index contributed by atoms with van der Waals surface area (Å²) in [5, 5.41) is 8.06. The molecular weight excluding hydrogens is 338 g/mol. The zero-order valence-corrected chi connectivity index (χ0v) is 14.5. The molecule has 1 saturated carbocycles. The lowest BCUT2D eigenvalue weighted by molar-refractivity contribution is 0.844. The van der Waals surface area contributed by atoms with E-state index in [-0.39, 0.29) is 11.6 Å². The van der Waals surface area contributed by atoms with Gasteiger partial charge in [-0.15, -0.1) is 0 Å². The van der Waals surface area contributed by atoms with Crippen LogP contribution in [0.15, 0.2) is 41.3 Å². The minimum atomic E-state index is -0.247. The summed E-state index contributed by atoms with van der Waals surface area (Å²) in [6.45, 7) is 1.91. The number of nitrogens with zero attached hydrogens (tertiary/aromatic N) is 2. The van der Waals surface area contributed by atoms with Gasteiger partial charge >= 0.3 is 0 Å². The van der Waals surface area contributed by atoms with Crippen LogP contribution in [0.25, 0.3) is 10.9 Å². The highest BCUT2D eigenvalue weighted by atomic mass is 35.5. The molecule has 1 aromatic carbocycles. The van der Waals surface area contributed by atoms with E-state index in [2.05, 4.69) is 25.6 Å². The van der Waals surface area contributed by atoms with Crippen molar-refractivity contribution >= 4 is 34.3 Å². The molecule has 1 aliphatic carbocycles. The first kappa shape index (κ1) is 15.9. The lowest BCUT2D eigenvalue weighted by Crippen LogP contribution is -2.20. The summed E-state index contributed by atoms with van der Waals surface area (Å²) in [6, 6.07) is 9.37. The number of aromatic amines is 1. The Morgan fingerprint density at radius 1 is 1.28 bits per heavy atom. The number of aromatic nitrogens is 3. The maximum Gasteiger partial charge on any atom is 0.253 e. The lowest BCUT2D eigenvalue weighted by Gasteiger charge is -2.15. The van der Waals surface area contributed by atoms with E-state index in [1.807, 2.05) is 25.1 Å². The average Bonchev–Trinajstić information content (AvgIpc) is 3.39. The van der Waals surface area contributed by atoms with Gasteiger partial charge in [0.25, 0.3) is 5.56 Å². The molecule has 0 amide bonds. The number of hydrogen-bond acceptors (Lipinski definition) is 5. The number of fused-ring (bicyclic) bond motifs is 1. The molecule has 0 aliphatic heterocycles. The van der Waals surface area contributed by atoms with Gasteiger partial charge in [0.2, 0.25) is 5.95 Å². The monoisotopic (exact) mass is 355 g/mol. The predicted molar refractivity (Wildman–Crippen MR) is 100 cm³/mol. The summed E-state index contributed by atoms with van der Waals surface area (Å²) in [5.41, 5.74) is 1.23. The van der Waals surface area contributed by atoms with E-state index < -0.39 is 0 Å². The van der Waals surface area contributed by atoms with Crippen LogP contribution in [0.1, 0.15) is 31.4 Å². The van der Waals surface area contributed by atoms with Crippen LogP contribution in [0.4, 0.5) is 11.8 Å². The Bertz CT molecular complexity index is 983. The second-order valence-corrected chi connectivity index (χ2v) is 6.77. The molecule has 1 atom stereocenters. The number of pyridine rings is 1. The van der Waals surface area contributed by atoms with E-state index in [1.54, 1.807) is 18.3 Å². The van der Waals surface area contributed by atoms with Gasteiger partial charge in [-0.05, 0) is 50.1 Å². The van der Waals surface area contributed by atoms with Gasteiger partial charge in [0.05, 0.1) is 6.04 Å². The van der Waals surface area contributed by atoms with Crippen LogP contribution in [0.3, 0.4) is 0 Å². The molecule has 4 rings (SSSR count). The molecule has 6 nitrogen and oxygen atoms in total. The Kier molecular flexibility index (Phi) is 4.05. The third-order valence-corrected chi connectivity index (χ3v) is 4.47. The minimum absolute atomic E-state index is 0.137. The van der Waals surface area contributed by atoms with E-state index in [0.29, 0.717) is 22.6 Å². The first-order valence-electron chi connectivity index (χ1n) is 8.27. The zero-order chi connectivity index (χ0) is 17.4. The molecule has 128 valence electrons. The van der Waals surface area contributed by atoms with E-state index >= 15 is 0 Å². The zero-order valence-electron chi connectivity index (χ0n) is 13.7. The summed E-state index contributed by atoms with van der Waals surface area (Å²) in [5.74, 6) is 1.29. The van der Waals surface area contributed by atoms with E-state index in [0.717, 1.165) is 16.7 Å². The van der Waals surface area contributed by atoms with Crippen molar-refractivity contribution in [3.63, 3.8) is 0 Å². The minimum Gasteiger partial charge on any atom is -0.367 e. The van der Waals surface area contributed by atoms with Crippen molar-refractivity contribution in [3.8, 4) is 0 Å². The third kappa shape index (κ3) is 3.58. The fourth-order valence-corrected chi connectivity index (χ4v) is 2.91. The van der Waals surface area contributed by atoms with Gasteiger partial charge in [0.1, 0.15) is 5.82 Å². The van der Waals surface area contributed by atoms with Crippen LogP contribution in [-0.2, 0) is 0 Å². The highest BCUT2D eigenvalue weighted by Crippen LogP contribution is 2.24. The Morgan fingerprint density at radius 3 is 2.92 bits per heavy atom. The average molecular weight is 356 g/mol. The molecule has 2 heterocycles. The van der Waals surface area contributed by atoms with Crippen molar-refractivity contribution in [2.24, 2.45) is 0 Å². The Labute approximate surface area is 149 Å². The van der Waals surface area contributed by atoms with Crippen LogP contribution in [0, 0.1) is 0 Å². The largest absolute Gasteiger partial charge is 0.367 e. The van der Waals surface area contributed by atoms with Gasteiger partial charge in [-0.25, -0.2) is 4.98 Å². The van der Waals surface area contributed by atoms with E-state index in [9.17, 15) is 4.79 Å². The number of nitrogens with one attached hydrogen (secondary N) is 3. The molecule has 3 aromatic rings. The SMILES string of the molecule is C[C@H](Nc1nccc(NC2CC2)n1)c1cc2cc(Cl)ccc2[nH]c1=O. The van der Waals surface area contributed by atoms with Gasteiger partial charge in [-0.3, -0.25) is 4.79 Å². The summed E-state index contributed by atoms with van der Waals surface area (Å²) in [4.78, 5) is 24.0. The molecule has 0 saturated heterocycles. The molecule has 1 aliphatic rings. The number of anilines is 2. The number of rotatable bonds is 5. The highest BCUT2D eigenvalue weighted by Gasteiger charge is 2.21.